The predicted octanol–water partition coefficient (Wildman–Crippen LogP) is 3.57. The lowest BCUT2D eigenvalue weighted by Crippen LogP contribution is -2.63. The number of carbonyl (C=O) groups excluding carboxylic acids is 3. The number of nitrogens with one attached hydrogen (secondary N) is 1. The average Bonchev–Trinajstić information content (AvgIpc) is 3.56. The second kappa shape index (κ2) is 10.1. The first-order valence-corrected chi connectivity index (χ1v) is 11.1. The Morgan fingerprint density at radius 2 is 1.62 bits per heavy atom. The molecule has 0 spiro atoms. The van der Waals surface area contributed by atoms with E-state index >= 15 is 0 Å². The van der Waals surface area contributed by atoms with E-state index in [9.17, 15) is 40.7 Å². The van der Waals surface area contributed by atoms with Crippen molar-refractivity contribution in [2.75, 3.05) is 11.4 Å². The lowest BCUT2D eigenvalue weighted by atomic mass is 9.97. The number of fused-ring (bicyclic) bond motifs is 1. The van der Waals surface area contributed by atoms with Crippen LogP contribution < -0.4 is 10.6 Å². The molecule has 1 unspecified atom stereocenters. The standard InChI is InChI=1S/C24H18F6N4O5/c25-23(26,27)20(36)38-18(14-4-2-1-3-5-14)22(31,39-21(37)24(28,29)30)19(35)34-11-9-13-6-7-15(12-17(13)34)16-8-10-32-33-16/h1-8,10,12,18H,9,11,31H2,(H,32,33)/t18?,22-/m0/s1. The molecule has 0 radical (unpaired) electrons. The molecule has 2 aromatic carbocycles. The maximum Gasteiger partial charge on any atom is 0.491 e. The molecule has 15 heteroatoms. The van der Waals surface area contributed by atoms with E-state index in [1.165, 1.54) is 30.5 Å². The van der Waals surface area contributed by atoms with Crippen LogP contribution in [0, 0.1) is 0 Å². The lowest BCUT2D eigenvalue weighted by Gasteiger charge is -2.37. The Hall–Kier alpha value is -4.40. The van der Waals surface area contributed by atoms with Crippen LogP contribution >= 0.6 is 0 Å². The number of H-pyrrole nitrogens is 1. The molecule has 1 amide bonds. The van der Waals surface area contributed by atoms with Gasteiger partial charge in [0.05, 0.1) is 5.69 Å². The van der Waals surface area contributed by atoms with Crippen molar-refractivity contribution in [1.29, 1.82) is 0 Å². The summed E-state index contributed by atoms with van der Waals surface area (Å²) in [5.74, 6) is -7.40. The number of benzene rings is 2. The van der Waals surface area contributed by atoms with E-state index < -0.39 is 47.6 Å². The highest BCUT2D eigenvalue weighted by atomic mass is 19.4. The van der Waals surface area contributed by atoms with Crippen LogP contribution in [0.5, 0.6) is 0 Å². The number of anilines is 1. The molecule has 0 saturated carbocycles. The third-order valence-corrected chi connectivity index (χ3v) is 5.81. The van der Waals surface area contributed by atoms with Gasteiger partial charge in [-0.3, -0.25) is 15.6 Å². The van der Waals surface area contributed by atoms with Gasteiger partial charge in [-0.1, -0.05) is 42.5 Å². The number of alkyl halides is 6. The monoisotopic (exact) mass is 556 g/mol. The van der Waals surface area contributed by atoms with Crippen LogP contribution in [0.3, 0.4) is 0 Å². The van der Waals surface area contributed by atoms with Crippen LogP contribution in [0.25, 0.3) is 11.3 Å². The number of carbonyl (C=O) groups is 3. The molecule has 9 nitrogen and oxygen atoms in total. The molecule has 39 heavy (non-hydrogen) atoms. The normalized spacial score (nSPS) is 15.7. The number of aromatic nitrogens is 2. The van der Waals surface area contributed by atoms with Gasteiger partial charge in [-0.25, -0.2) is 9.59 Å². The fraction of sp³-hybridized carbons (Fsp3) is 0.250. The Balaban J connectivity index is 1.83. The Morgan fingerprint density at radius 1 is 0.949 bits per heavy atom. The fourth-order valence-electron chi connectivity index (χ4n) is 4.01. The average molecular weight is 556 g/mol. The number of nitrogens with zero attached hydrogens (tertiary/aromatic N) is 2. The number of aromatic amines is 1. The van der Waals surface area contributed by atoms with Crippen LogP contribution in [-0.4, -0.2) is 52.7 Å². The van der Waals surface area contributed by atoms with Gasteiger partial charge in [0, 0.05) is 24.0 Å². The van der Waals surface area contributed by atoms with Gasteiger partial charge in [0.25, 0.3) is 11.6 Å². The highest BCUT2D eigenvalue weighted by Gasteiger charge is 2.58. The Morgan fingerprint density at radius 3 is 2.21 bits per heavy atom. The largest absolute Gasteiger partial charge is 0.491 e. The SMILES string of the molecule is N[C@@](OC(=O)C(F)(F)F)(C(=O)N1CCc2ccc(-c3ccn[nH]3)cc21)C(OC(=O)C(F)(F)F)c1ccccc1. The lowest BCUT2D eigenvalue weighted by molar-refractivity contribution is -0.234. The Kier molecular flexibility index (Phi) is 7.12. The van der Waals surface area contributed by atoms with Crippen molar-refractivity contribution in [1.82, 2.24) is 10.2 Å². The quantitative estimate of drug-likeness (QED) is 0.270. The molecule has 1 aliphatic rings. The highest BCUT2D eigenvalue weighted by molar-refractivity contribution is 6.03. The number of ether oxygens (including phenoxy) is 2. The van der Waals surface area contributed by atoms with Gasteiger partial charge in [-0.15, -0.1) is 0 Å². The zero-order valence-corrected chi connectivity index (χ0v) is 19.5. The van der Waals surface area contributed by atoms with Crippen LogP contribution in [0.2, 0.25) is 0 Å². The zero-order chi connectivity index (χ0) is 28.6. The zero-order valence-electron chi connectivity index (χ0n) is 19.5. The first-order valence-electron chi connectivity index (χ1n) is 11.1. The number of hydrogen-bond donors (Lipinski definition) is 2. The van der Waals surface area contributed by atoms with E-state index in [0.717, 1.165) is 17.0 Å². The minimum atomic E-state index is -5.70. The molecule has 2 heterocycles. The van der Waals surface area contributed by atoms with Gasteiger partial charge in [0.1, 0.15) is 0 Å². The minimum Gasteiger partial charge on any atom is -0.444 e. The number of rotatable bonds is 6. The van der Waals surface area contributed by atoms with Crippen molar-refractivity contribution in [3.05, 3.63) is 71.9 Å². The van der Waals surface area contributed by atoms with Crippen molar-refractivity contribution in [2.45, 2.75) is 30.6 Å². The number of esters is 2. The molecular weight excluding hydrogens is 538 g/mol. The smallest absolute Gasteiger partial charge is 0.444 e. The van der Waals surface area contributed by atoms with E-state index in [0.29, 0.717) is 16.8 Å². The molecule has 0 aliphatic carbocycles. The van der Waals surface area contributed by atoms with Crippen molar-refractivity contribution in [2.24, 2.45) is 5.73 Å². The summed E-state index contributed by atoms with van der Waals surface area (Å²) in [6.07, 6.45) is -12.3. The summed E-state index contributed by atoms with van der Waals surface area (Å²) in [7, 11) is 0. The fourth-order valence-corrected chi connectivity index (χ4v) is 4.01. The number of nitrogens with two attached hydrogens (primary N) is 1. The molecule has 2 atom stereocenters. The summed E-state index contributed by atoms with van der Waals surface area (Å²) in [5.41, 5.74) is 3.67. The van der Waals surface area contributed by atoms with Gasteiger partial charge in [-0.05, 0) is 29.7 Å². The van der Waals surface area contributed by atoms with Crippen LogP contribution in [0.15, 0.2) is 60.8 Å². The predicted molar refractivity (Wildman–Crippen MR) is 120 cm³/mol. The van der Waals surface area contributed by atoms with Gasteiger partial charge in [0.15, 0.2) is 6.10 Å². The minimum absolute atomic E-state index is 0.138. The third kappa shape index (κ3) is 5.57. The first kappa shape index (κ1) is 27.6. The second-order valence-corrected chi connectivity index (χ2v) is 8.39. The second-order valence-electron chi connectivity index (χ2n) is 8.39. The first-order chi connectivity index (χ1) is 18.2. The highest BCUT2D eigenvalue weighted by Crippen LogP contribution is 2.39. The molecule has 0 saturated heterocycles. The van der Waals surface area contributed by atoms with Crippen molar-refractivity contribution >= 4 is 23.5 Å². The number of hydrogen-bond acceptors (Lipinski definition) is 7. The van der Waals surface area contributed by atoms with Gasteiger partial charge < -0.3 is 14.4 Å². The van der Waals surface area contributed by atoms with Crippen LogP contribution in [-0.2, 0) is 30.3 Å². The summed E-state index contributed by atoms with van der Waals surface area (Å²) < 4.78 is 87.9. The third-order valence-electron chi connectivity index (χ3n) is 5.81. The molecule has 4 rings (SSSR count). The Bertz CT molecular complexity index is 1380. The summed E-state index contributed by atoms with van der Waals surface area (Å²) in [5, 5.41) is 6.52. The summed E-state index contributed by atoms with van der Waals surface area (Å²) in [6, 6.07) is 12.3. The summed E-state index contributed by atoms with van der Waals surface area (Å²) in [6.45, 7) is -0.183. The van der Waals surface area contributed by atoms with E-state index in [1.54, 1.807) is 18.2 Å². The van der Waals surface area contributed by atoms with Crippen LogP contribution in [0.1, 0.15) is 17.2 Å². The van der Waals surface area contributed by atoms with E-state index in [2.05, 4.69) is 19.7 Å². The van der Waals surface area contributed by atoms with Gasteiger partial charge in [-0.2, -0.15) is 31.4 Å². The van der Waals surface area contributed by atoms with Crippen LogP contribution in [0.4, 0.5) is 32.0 Å². The molecule has 0 bridgehead atoms. The van der Waals surface area contributed by atoms with Crippen molar-refractivity contribution in [3.8, 4) is 11.3 Å². The maximum atomic E-state index is 13.8. The van der Waals surface area contributed by atoms with Crippen molar-refractivity contribution in [3.63, 3.8) is 0 Å². The number of amides is 1. The summed E-state index contributed by atoms with van der Waals surface area (Å²) >= 11 is 0. The van der Waals surface area contributed by atoms with E-state index in [1.807, 2.05) is 0 Å². The maximum absolute atomic E-state index is 13.8. The van der Waals surface area contributed by atoms with Crippen molar-refractivity contribution < 1.29 is 50.2 Å². The topological polar surface area (TPSA) is 128 Å². The van der Waals surface area contributed by atoms with E-state index in [-0.39, 0.29) is 18.7 Å². The molecular formula is C24H18F6N4O5. The van der Waals surface area contributed by atoms with E-state index in [4.69, 9.17) is 5.73 Å². The number of halogens is 6. The molecule has 206 valence electrons. The molecule has 1 aromatic heterocycles. The molecule has 3 N–H and O–H groups in total. The Labute approximate surface area is 215 Å². The molecule has 1 aliphatic heterocycles. The van der Waals surface area contributed by atoms with Gasteiger partial charge >= 0.3 is 24.3 Å². The summed E-state index contributed by atoms with van der Waals surface area (Å²) in [4.78, 5) is 38.4. The van der Waals surface area contributed by atoms with Gasteiger partial charge in [0.2, 0.25) is 0 Å². The molecule has 3 aromatic rings. The molecule has 0 fully saturated rings.